The molecule has 0 aliphatic heterocycles. The third-order valence-corrected chi connectivity index (χ3v) is 3.41. The first-order valence-electron chi connectivity index (χ1n) is 4.93. The summed E-state index contributed by atoms with van der Waals surface area (Å²) in [6.07, 6.45) is -0.961. The number of benzene rings is 1. The number of nitrogens with zero attached hydrogens (tertiary/aromatic N) is 1. The molecular formula is C12H9F2NOS. The molecule has 2 aromatic rings. The van der Waals surface area contributed by atoms with E-state index in [0.717, 1.165) is 5.56 Å². The zero-order valence-corrected chi connectivity index (χ0v) is 9.80. The fraction of sp³-hybridized carbons (Fsp3) is 0.167. The smallest absolute Gasteiger partial charge is 0.263 e. The van der Waals surface area contributed by atoms with Crippen LogP contribution in [-0.2, 0) is 0 Å². The van der Waals surface area contributed by atoms with Crippen LogP contribution in [0.15, 0.2) is 30.5 Å². The van der Waals surface area contributed by atoms with Crippen molar-refractivity contribution in [3.63, 3.8) is 0 Å². The predicted octanol–water partition coefficient (Wildman–Crippen LogP) is 3.95. The van der Waals surface area contributed by atoms with E-state index in [-0.39, 0.29) is 11.3 Å². The Hall–Kier alpha value is -1.62. The Labute approximate surface area is 101 Å². The molecule has 0 aliphatic rings. The fourth-order valence-electron chi connectivity index (χ4n) is 1.34. The molecule has 0 N–H and O–H groups in total. The topological polar surface area (TPSA) is 30.0 Å². The monoisotopic (exact) mass is 253 g/mol. The predicted molar refractivity (Wildman–Crippen MR) is 62.5 cm³/mol. The molecule has 1 heterocycles. The lowest BCUT2D eigenvalue weighted by Crippen LogP contribution is -1.84. The minimum atomic E-state index is -2.46. The maximum Gasteiger partial charge on any atom is 0.263 e. The number of rotatable bonds is 3. The lowest BCUT2D eigenvalue weighted by molar-refractivity contribution is 0.102. The number of alkyl halides is 2. The van der Waals surface area contributed by atoms with Gasteiger partial charge in [0.15, 0.2) is 5.78 Å². The van der Waals surface area contributed by atoms with Crippen LogP contribution < -0.4 is 0 Å². The Kier molecular flexibility index (Phi) is 3.28. The van der Waals surface area contributed by atoms with Crippen LogP contribution in [0.1, 0.15) is 28.6 Å². The molecule has 0 saturated carbocycles. The summed E-state index contributed by atoms with van der Waals surface area (Å²) in [5, 5.41) is 0.663. The summed E-state index contributed by atoms with van der Waals surface area (Å²) in [4.78, 5) is 15.8. The molecule has 0 aliphatic carbocycles. The van der Waals surface area contributed by atoms with Gasteiger partial charge in [-0.05, 0) is 0 Å². The molecule has 0 unspecified atom stereocenters. The molecule has 1 aromatic carbocycles. The lowest BCUT2D eigenvalue weighted by Gasteiger charge is -2.00. The molecule has 0 bridgehead atoms. The Morgan fingerprint density at radius 2 is 1.94 bits per heavy atom. The van der Waals surface area contributed by atoms with E-state index in [1.54, 1.807) is 12.1 Å². The van der Waals surface area contributed by atoms with Gasteiger partial charge in [-0.2, -0.15) is 0 Å². The summed E-state index contributed by atoms with van der Waals surface area (Å²) in [6.45, 7) is 1.47. The molecule has 1 aromatic heterocycles. The summed E-state index contributed by atoms with van der Waals surface area (Å²) in [5.74, 6) is -0.0436. The maximum atomic E-state index is 12.4. The number of hydrogen-bond acceptors (Lipinski definition) is 3. The Balaban J connectivity index is 2.30. The quantitative estimate of drug-likeness (QED) is 0.775. The van der Waals surface area contributed by atoms with Gasteiger partial charge in [-0.15, -0.1) is 11.3 Å². The molecule has 0 saturated heterocycles. The third-order valence-electron chi connectivity index (χ3n) is 2.26. The van der Waals surface area contributed by atoms with E-state index in [2.05, 4.69) is 4.98 Å². The molecule has 0 fully saturated rings. The summed E-state index contributed by atoms with van der Waals surface area (Å²) >= 11 is 1.26. The normalized spacial score (nSPS) is 10.8. The number of carbonyl (C=O) groups excluding carboxylic acids is 1. The van der Waals surface area contributed by atoms with Crippen LogP contribution in [0.5, 0.6) is 0 Å². The number of thiazole rings is 1. The van der Waals surface area contributed by atoms with E-state index in [9.17, 15) is 13.6 Å². The highest BCUT2D eigenvalue weighted by Gasteiger charge is 2.10. The number of hydrogen-bond donors (Lipinski definition) is 0. The highest BCUT2D eigenvalue weighted by Crippen LogP contribution is 2.27. The van der Waals surface area contributed by atoms with Crippen molar-refractivity contribution in [1.29, 1.82) is 0 Å². The van der Waals surface area contributed by atoms with Crippen LogP contribution in [0, 0.1) is 0 Å². The molecule has 5 heteroatoms. The fourth-order valence-corrected chi connectivity index (χ4v) is 2.16. The van der Waals surface area contributed by atoms with Gasteiger partial charge in [-0.3, -0.25) is 4.79 Å². The van der Waals surface area contributed by atoms with Crippen LogP contribution >= 0.6 is 11.3 Å². The number of Topliss-reactive ketones (excluding diaryl/α,β-unsaturated/α-hetero) is 1. The highest BCUT2D eigenvalue weighted by molar-refractivity contribution is 7.16. The average Bonchev–Trinajstić information content (AvgIpc) is 2.78. The van der Waals surface area contributed by atoms with Crippen molar-refractivity contribution >= 4 is 17.1 Å². The van der Waals surface area contributed by atoms with Crippen molar-refractivity contribution in [2.75, 3.05) is 0 Å². The third kappa shape index (κ3) is 2.55. The number of halogens is 2. The molecule has 0 atom stereocenters. The van der Waals surface area contributed by atoms with E-state index in [1.165, 1.54) is 36.6 Å². The Morgan fingerprint density at radius 1 is 1.29 bits per heavy atom. The molecule has 17 heavy (non-hydrogen) atoms. The van der Waals surface area contributed by atoms with Gasteiger partial charge in [-0.25, -0.2) is 13.8 Å². The number of carbonyl (C=O) groups is 1. The zero-order valence-electron chi connectivity index (χ0n) is 8.98. The van der Waals surface area contributed by atoms with E-state index < -0.39 is 6.43 Å². The standard InChI is InChI=1S/C12H9F2NOS/c1-7(16)10-6-15-12(17-10)9-4-2-8(3-5-9)11(13)14/h2-6,11H,1H3. The minimum Gasteiger partial charge on any atom is -0.294 e. The van der Waals surface area contributed by atoms with Crippen molar-refractivity contribution in [2.24, 2.45) is 0 Å². The van der Waals surface area contributed by atoms with Gasteiger partial charge in [0.1, 0.15) is 5.01 Å². The summed E-state index contributed by atoms with van der Waals surface area (Å²) in [6, 6.07) is 5.91. The van der Waals surface area contributed by atoms with Crippen molar-refractivity contribution in [2.45, 2.75) is 13.3 Å². The van der Waals surface area contributed by atoms with E-state index >= 15 is 0 Å². The summed E-state index contributed by atoms with van der Waals surface area (Å²) in [7, 11) is 0. The molecule has 0 radical (unpaired) electrons. The second-order valence-corrected chi connectivity index (χ2v) is 4.54. The molecule has 0 spiro atoms. The highest BCUT2D eigenvalue weighted by atomic mass is 32.1. The Morgan fingerprint density at radius 3 is 2.41 bits per heavy atom. The molecular weight excluding hydrogens is 244 g/mol. The zero-order chi connectivity index (χ0) is 12.4. The van der Waals surface area contributed by atoms with Gasteiger partial charge in [0.25, 0.3) is 6.43 Å². The first-order valence-corrected chi connectivity index (χ1v) is 5.75. The Bertz CT molecular complexity index is 534. The molecule has 2 rings (SSSR count). The van der Waals surface area contributed by atoms with Crippen LogP contribution in [-0.4, -0.2) is 10.8 Å². The molecule has 2 nitrogen and oxygen atoms in total. The average molecular weight is 253 g/mol. The van der Waals surface area contributed by atoms with Crippen LogP contribution in [0.2, 0.25) is 0 Å². The number of aromatic nitrogens is 1. The van der Waals surface area contributed by atoms with Crippen LogP contribution in [0.25, 0.3) is 10.6 Å². The lowest BCUT2D eigenvalue weighted by atomic mass is 10.1. The summed E-state index contributed by atoms with van der Waals surface area (Å²) < 4.78 is 24.7. The number of ketones is 1. The largest absolute Gasteiger partial charge is 0.294 e. The van der Waals surface area contributed by atoms with Gasteiger partial charge in [-0.1, -0.05) is 24.3 Å². The van der Waals surface area contributed by atoms with Crippen molar-refractivity contribution in [1.82, 2.24) is 4.98 Å². The van der Waals surface area contributed by atoms with Crippen molar-refractivity contribution < 1.29 is 13.6 Å². The van der Waals surface area contributed by atoms with Crippen molar-refractivity contribution in [3.05, 3.63) is 40.9 Å². The van der Waals surface area contributed by atoms with E-state index in [4.69, 9.17) is 0 Å². The minimum absolute atomic E-state index is 0.0166. The maximum absolute atomic E-state index is 12.4. The van der Waals surface area contributed by atoms with Crippen LogP contribution in [0.3, 0.4) is 0 Å². The van der Waals surface area contributed by atoms with Gasteiger partial charge in [0.05, 0.1) is 4.88 Å². The second-order valence-electron chi connectivity index (χ2n) is 3.51. The van der Waals surface area contributed by atoms with E-state index in [0.29, 0.717) is 9.88 Å². The first kappa shape index (κ1) is 11.9. The van der Waals surface area contributed by atoms with Gasteiger partial charge in [0, 0.05) is 24.2 Å². The summed E-state index contributed by atoms with van der Waals surface area (Å²) in [5.41, 5.74) is 0.726. The first-order chi connectivity index (χ1) is 8.08. The van der Waals surface area contributed by atoms with Gasteiger partial charge < -0.3 is 0 Å². The van der Waals surface area contributed by atoms with Gasteiger partial charge >= 0.3 is 0 Å². The van der Waals surface area contributed by atoms with Crippen molar-refractivity contribution in [3.8, 4) is 10.6 Å². The van der Waals surface area contributed by atoms with Crippen LogP contribution in [0.4, 0.5) is 8.78 Å². The molecule has 88 valence electrons. The van der Waals surface area contributed by atoms with E-state index in [1.807, 2.05) is 0 Å². The SMILES string of the molecule is CC(=O)c1cnc(-c2ccc(C(F)F)cc2)s1. The van der Waals surface area contributed by atoms with Gasteiger partial charge in [0.2, 0.25) is 0 Å². The molecule has 0 amide bonds. The second kappa shape index (κ2) is 4.71.